The fraction of sp³-hybridized carbons (Fsp3) is 0.0800. The number of aliphatic carboxylic acids is 1. The number of aromatic nitrogens is 3. The van der Waals surface area contributed by atoms with E-state index < -0.39 is 5.97 Å². The topological polar surface area (TPSA) is 78.9 Å². The summed E-state index contributed by atoms with van der Waals surface area (Å²) in [5.41, 5.74) is 7.14. The minimum Gasteiger partial charge on any atom is -0.478 e. The fourth-order valence-corrected chi connectivity index (χ4v) is 3.58. The van der Waals surface area contributed by atoms with Crippen molar-refractivity contribution in [2.45, 2.75) is 13.3 Å². The number of carboxylic acids is 1. The first kappa shape index (κ1) is 19.3. The van der Waals surface area contributed by atoms with Gasteiger partial charge in [-0.3, -0.25) is 5.10 Å². The van der Waals surface area contributed by atoms with Gasteiger partial charge in [0.15, 0.2) is 5.65 Å². The number of nitrogens with one attached hydrogen (secondary N) is 1. The minimum absolute atomic E-state index is 0.755. The molecule has 0 spiro atoms. The molecule has 4 aromatic rings. The summed E-state index contributed by atoms with van der Waals surface area (Å²) in [5.74, 6) is -0.962. The van der Waals surface area contributed by atoms with Crippen LogP contribution in [0.3, 0.4) is 0 Å². The smallest absolute Gasteiger partial charge is 0.328 e. The van der Waals surface area contributed by atoms with Gasteiger partial charge in [-0.05, 0) is 46.4 Å². The SMILES string of the molecule is CCC(=C(c1ccc(C=CC(=O)O)cc1)c1cnc2[nH]ncc2c1)c1ccccc1. The average molecular weight is 395 g/mol. The largest absolute Gasteiger partial charge is 0.478 e. The van der Waals surface area contributed by atoms with Gasteiger partial charge in [-0.25, -0.2) is 9.78 Å². The molecule has 0 bridgehead atoms. The van der Waals surface area contributed by atoms with Gasteiger partial charge in [0.2, 0.25) is 0 Å². The van der Waals surface area contributed by atoms with Gasteiger partial charge in [0.25, 0.3) is 0 Å². The monoisotopic (exact) mass is 395 g/mol. The molecule has 4 rings (SSSR count). The molecular weight excluding hydrogens is 374 g/mol. The number of rotatable bonds is 6. The molecule has 0 atom stereocenters. The van der Waals surface area contributed by atoms with Crippen LogP contribution >= 0.6 is 0 Å². The molecule has 2 heterocycles. The highest BCUT2D eigenvalue weighted by Gasteiger charge is 2.14. The predicted molar refractivity (Wildman–Crippen MR) is 120 cm³/mol. The molecule has 0 amide bonds. The Kier molecular flexibility index (Phi) is 5.52. The van der Waals surface area contributed by atoms with Crippen LogP contribution in [0.25, 0.3) is 28.3 Å². The van der Waals surface area contributed by atoms with Gasteiger partial charge in [-0.2, -0.15) is 5.10 Å². The second kappa shape index (κ2) is 8.57. The second-order valence-electron chi connectivity index (χ2n) is 6.90. The van der Waals surface area contributed by atoms with Crippen LogP contribution in [0.15, 0.2) is 79.1 Å². The standard InChI is InChI=1S/C25H21N3O2/c1-2-22(18-6-4-3-5-7-18)24(20-14-21-16-27-28-25(21)26-15-20)19-11-8-17(9-12-19)10-13-23(29)30/h3-16H,2H2,1H3,(H,29,30)(H,26,27,28). The first-order valence-electron chi connectivity index (χ1n) is 9.75. The zero-order valence-corrected chi connectivity index (χ0v) is 16.5. The van der Waals surface area contributed by atoms with Crippen molar-refractivity contribution in [1.82, 2.24) is 15.2 Å². The van der Waals surface area contributed by atoms with E-state index in [1.54, 1.807) is 12.3 Å². The van der Waals surface area contributed by atoms with Crippen LogP contribution in [-0.4, -0.2) is 26.3 Å². The lowest BCUT2D eigenvalue weighted by atomic mass is 9.88. The van der Waals surface area contributed by atoms with E-state index in [-0.39, 0.29) is 0 Å². The Morgan fingerprint density at radius 3 is 2.47 bits per heavy atom. The number of carbonyl (C=O) groups is 1. The van der Waals surface area contributed by atoms with E-state index in [0.29, 0.717) is 0 Å². The molecule has 0 aliphatic rings. The first-order chi connectivity index (χ1) is 14.7. The van der Waals surface area contributed by atoms with Gasteiger partial charge in [-0.15, -0.1) is 0 Å². The fourth-order valence-electron chi connectivity index (χ4n) is 3.58. The second-order valence-corrected chi connectivity index (χ2v) is 6.90. The zero-order chi connectivity index (χ0) is 20.9. The lowest BCUT2D eigenvalue weighted by Crippen LogP contribution is -1.96. The van der Waals surface area contributed by atoms with Gasteiger partial charge in [0.05, 0.1) is 6.20 Å². The molecule has 0 aliphatic heterocycles. The van der Waals surface area contributed by atoms with Crippen molar-refractivity contribution in [2.75, 3.05) is 0 Å². The summed E-state index contributed by atoms with van der Waals surface area (Å²) in [7, 11) is 0. The molecule has 0 saturated heterocycles. The highest BCUT2D eigenvalue weighted by atomic mass is 16.4. The molecule has 5 nitrogen and oxygen atoms in total. The quantitative estimate of drug-likeness (QED) is 0.337. The van der Waals surface area contributed by atoms with Crippen molar-refractivity contribution in [3.63, 3.8) is 0 Å². The third kappa shape index (κ3) is 4.05. The molecule has 0 unspecified atom stereocenters. The summed E-state index contributed by atoms with van der Waals surface area (Å²) in [6.45, 7) is 2.15. The number of allylic oxidation sites excluding steroid dienone is 1. The van der Waals surface area contributed by atoms with Crippen molar-refractivity contribution >= 4 is 34.2 Å². The van der Waals surface area contributed by atoms with Gasteiger partial charge in [-0.1, -0.05) is 61.5 Å². The summed E-state index contributed by atoms with van der Waals surface area (Å²) < 4.78 is 0. The summed E-state index contributed by atoms with van der Waals surface area (Å²) in [5, 5.41) is 16.8. The molecule has 0 radical (unpaired) electrons. The molecular formula is C25H21N3O2. The molecule has 5 heteroatoms. The van der Waals surface area contributed by atoms with E-state index in [9.17, 15) is 4.79 Å². The number of hydrogen-bond acceptors (Lipinski definition) is 3. The van der Waals surface area contributed by atoms with E-state index in [4.69, 9.17) is 5.11 Å². The third-order valence-corrected chi connectivity index (χ3v) is 4.98. The molecule has 0 saturated carbocycles. The van der Waals surface area contributed by atoms with E-state index in [1.807, 2.05) is 48.7 Å². The highest BCUT2D eigenvalue weighted by Crippen LogP contribution is 2.35. The number of fused-ring (bicyclic) bond motifs is 1. The zero-order valence-electron chi connectivity index (χ0n) is 16.5. The Morgan fingerprint density at radius 1 is 1.00 bits per heavy atom. The molecule has 2 aromatic carbocycles. The number of hydrogen-bond donors (Lipinski definition) is 2. The van der Waals surface area contributed by atoms with Crippen LogP contribution in [0.5, 0.6) is 0 Å². The van der Waals surface area contributed by atoms with Crippen molar-refractivity contribution in [3.8, 4) is 0 Å². The minimum atomic E-state index is -0.962. The summed E-state index contributed by atoms with van der Waals surface area (Å²) in [6.07, 6.45) is 7.23. The van der Waals surface area contributed by atoms with E-state index >= 15 is 0 Å². The van der Waals surface area contributed by atoms with Gasteiger partial charge >= 0.3 is 5.97 Å². The molecule has 0 aliphatic carbocycles. The Bertz CT molecular complexity index is 1240. The van der Waals surface area contributed by atoms with E-state index in [0.717, 1.165) is 51.4 Å². The number of benzene rings is 2. The summed E-state index contributed by atoms with van der Waals surface area (Å²) in [6, 6.07) is 20.3. The van der Waals surface area contributed by atoms with Crippen LogP contribution in [0, 0.1) is 0 Å². The molecule has 2 aromatic heterocycles. The molecule has 2 N–H and O–H groups in total. The summed E-state index contributed by atoms with van der Waals surface area (Å²) in [4.78, 5) is 15.3. The summed E-state index contributed by atoms with van der Waals surface area (Å²) >= 11 is 0. The number of nitrogens with zero attached hydrogens (tertiary/aromatic N) is 2. The lowest BCUT2D eigenvalue weighted by molar-refractivity contribution is -0.131. The van der Waals surface area contributed by atoms with Crippen LogP contribution in [0.4, 0.5) is 0 Å². The molecule has 0 fully saturated rings. The van der Waals surface area contributed by atoms with Crippen LogP contribution in [-0.2, 0) is 4.79 Å². The van der Waals surface area contributed by atoms with Crippen molar-refractivity contribution < 1.29 is 9.90 Å². The maximum absolute atomic E-state index is 10.8. The van der Waals surface area contributed by atoms with Crippen molar-refractivity contribution in [3.05, 3.63) is 101 Å². The van der Waals surface area contributed by atoms with E-state index in [1.165, 1.54) is 5.57 Å². The normalized spacial score (nSPS) is 12.3. The van der Waals surface area contributed by atoms with Gasteiger partial charge < -0.3 is 5.11 Å². The van der Waals surface area contributed by atoms with Crippen molar-refractivity contribution in [2.24, 2.45) is 0 Å². The first-order valence-corrected chi connectivity index (χ1v) is 9.75. The van der Waals surface area contributed by atoms with Crippen molar-refractivity contribution in [1.29, 1.82) is 0 Å². The van der Waals surface area contributed by atoms with E-state index in [2.05, 4.69) is 40.3 Å². The van der Waals surface area contributed by atoms with Crippen LogP contribution < -0.4 is 0 Å². The Labute approximate surface area is 174 Å². The van der Waals surface area contributed by atoms with Crippen LogP contribution in [0.2, 0.25) is 0 Å². The average Bonchev–Trinajstić information content (AvgIpc) is 3.25. The predicted octanol–water partition coefficient (Wildman–Crippen LogP) is 5.42. The maximum atomic E-state index is 10.8. The highest BCUT2D eigenvalue weighted by molar-refractivity contribution is 6.00. The number of carboxylic acid groups (broad SMARTS) is 1. The number of H-pyrrole nitrogens is 1. The maximum Gasteiger partial charge on any atom is 0.328 e. The Hall–Kier alpha value is -3.99. The number of aromatic amines is 1. The van der Waals surface area contributed by atoms with Gasteiger partial charge in [0, 0.05) is 23.2 Å². The van der Waals surface area contributed by atoms with Gasteiger partial charge in [0.1, 0.15) is 0 Å². The molecule has 148 valence electrons. The molecule has 30 heavy (non-hydrogen) atoms. The third-order valence-electron chi connectivity index (χ3n) is 4.98. The number of pyridine rings is 1. The Morgan fingerprint density at radius 2 is 1.77 bits per heavy atom. The van der Waals surface area contributed by atoms with Crippen LogP contribution in [0.1, 0.15) is 35.6 Å². The lowest BCUT2D eigenvalue weighted by Gasteiger charge is -2.16. The Balaban J connectivity index is 1.89.